The van der Waals surface area contributed by atoms with Crippen LogP contribution in [0.5, 0.6) is 0 Å². The molecule has 3 saturated heterocycles. The van der Waals surface area contributed by atoms with E-state index in [4.69, 9.17) is 0 Å². The van der Waals surface area contributed by atoms with Gasteiger partial charge in [0.05, 0.1) is 6.17 Å². The Morgan fingerprint density at radius 3 is 2.42 bits per heavy atom. The predicted octanol–water partition coefficient (Wildman–Crippen LogP) is 1.45. The summed E-state index contributed by atoms with van der Waals surface area (Å²) in [5, 5.41) is 22.4. The van der Waals surface area contributed by atoms with Crippen molar-refractivity contribution >= 4 is 0 Å². The molecule has 0 amide bonds. The molecule has 0 saturated carbocycles. The van der Waals surface area contributed by atoms with Gasteiger partial charge in [0.25, 0.3) is 0 Å². The van der Waals surface area contributed by atoms with Crippen LogP contribution >= 0.6 is 0 Å². The lowest BCUT2D eigenvalue weighted by atomic mass is 10.0. The molecule has 24 heavy (non-hydrogen) atoms. The molecular weight excluding hydrogens is 300 g/mol. The number of hydrogen-bond acceptors (Lipinski definition) is 6. The lowest BCUT2D eigenvalue weighted by Gasteiger charge is -2.39. The van der Waals surface area contributed by atoms with E-state index in [1.54, 1.807) is 0 Å². The number of piperidine rings is 1. The number of likely N-dealkylation sites (tertiary alicyclic amines) is 1. The van der Waals surface area contributed by atoms with Crippen LogP contribution in [0.3, 0.4) is 0 Å². The summed E-state index contributed by atoms with van der Waals surface area (Å²) in [6, 6.07) is 5.31. The standard InChI is InChI=1S/C18H28N6/c1-14-4-3-9-22(14)15(2)23-10-11-24(17-5-7-21-8-6-17)18(23)16(12-19)13-20/h14-15,17,21H,3-11H2,1-2H3/t14-,15?/m1/s1. The molecule has 1 N–H and O–H groups in total. The molecule has 0 aromatic carbocycles. The molecule has 0 aromatic rings. The molecule has 130 valence electrons. The summed E-state index contributed by atoms with van der Waals surface area (Å²) in [5.41, 5.74) is 0.268. The smallest absolute Gasteiger partial charge is 0.169 e. The molecule has 0 radical (unpaired) electrons. The van der Waals surface area contributed by atoms with Crippen LogP contribution in [0.25, 0.3) is 0 Å². The highest BCUT2D eigenvalue weighted by atomic mass is 15.5. The van der Waals surface area contributed by atoms with Gasteiger partial charge in [-0.1, -0.05) is 0 Å². The van der Waals surface area contributed by atoms with E-state index < -0.39 is 0 Å². The Morgan fingerprint density at radius 2 is 1.83 bits per heavy atom. The van der Waals surface area contributed by atoms with Crippen LogP contribution in [0, 0.1) is 22.7 Å². The quantitative estimate of drug-likeness (QED) is 0.791. The van der Waals surface area contributed by atoms with Crippen molar-refractivity contribution in [2.75, 3.05) is 32.7 Å². The van der Waals surface area contributed by atoms with Crippen molar-refractivity contribution in [2.45, 2.75) is 57.8 Å². The monoisotopic (exact) mass is 328 g/mol. The summed E-state index contributed by atoms with van der Waals surface area (Å²) in [5.74, 6) is 0.874. The van der Waals surface area contributed by atoms with Gasteiger partial charge in [-0.15, -0.1) is 0 Å². The molecule has 0 aliphatic carbocycles. The highest BCUT2D eigenvalue weighted by Gasteiger charge is 2.39. The van der Waals surface area contributed by atoms with E-state index in [1.165, 1.54) is 12.8 Å². The van der Waals surface area contributed by atoms with Crippen LogP contribution < -0.4 is 5.32 Å². The average molecular weight is 328 g/mol. The Morgan fingerprint density at radius 1 is 1.12 bits per heavy atom. The number of hydrogen-bond donors (Lipinski definition) is 1. The van der Waals surface area contributed by atoms with Gasteiger partial charge in [0.15, 0.2) is 5.57 Å². The van der Waals surface area contributed by atoms with Crippen molar-refractivity contribution in [3.05, 3.63) is 11.4 Å². The molecule has 1 unspecified atom stereocenters. The van der Waals surface area contributed by atoms with Gasteiger partial charge >= 0.3 is 0 Å². The highest BCUT2D eigenvalue weighted by Crippen LogP contribution is 2.32. The third-order valence-corrected chi connectivity index (χ3v) is 5.86. The Balaban J connectivity index is 1.87. The summed E-state index contributed by atoms with van der Waals surface area (Å²) in [7, 11) is 0. The van der Waals surface area contributed by atoms with E-state index in [-0.39, 0.29) is 11.7 Å². The zero-order valence-electron chi connectivity index (χ0n) is 14.8. The van der Waals surface area contributed by atoms with Crippen LogP contribution in [-0.4, -0.2) is 65.7 Å². The Labute approximate surface area is 145 Å². The number of nitriles is 2. The van der Waals surface area contributed by atoms with Gasteiger partial charge in [0, 0.05) is 31.7 Å². The average Bonchev–Trinajstić information content (AvgIpc) is 3.23. The van der Waals surface area contributed by atoms with Crippen LogP contribution in [0.2, 0.25) is 0 Å². The second-order valence-electron chi connectivity index (χ2n) is 7.15. The molecule has 6 nitrogen and oxygen atoms in total. The third-order valence-electron chi connectivity index (χ3n) is 5.86. The molecule has 2 atom stereocenters. The molecule has 3 heterocycles. The van der Waals surface area contributed by atoms with E-state index >= 15 is 0 Å². The maximum absolute atomic E-state index is 9.51. The third kappa shape index (κ3) is 3.09. The second-order valence-corrected chi connectivity index (χ2v) is 7.15. The Kier molecular flexibility index (Phi) is 5.28. The van der Waals surface area contributed by atoms with Gasteiger partial charge in [0.2, 0.25) is 0 Å². The first-order valence-corrected chi connectivity index (χ1v) is 9.21. The van der Waals surface area contributed by atoms with E-state index in [1.807, 2.05) is 0 Å². The SMILES string of the molecule is CC(N1CCN(C2CCNCC2)C1=C(C#N)C#N)N1CCC[C@H]1C. The maximum Gasteiger partial charge on any atom is 0.169 e. The van der Waals surface area contributed by atoms with Gasteiger partial charge in [-0.05, 0) is 52.6 Å². The van der Waals surface area contributed by atoms with Crippen molar-refractivity contribution in [3.8, 4) is 12.1 Å². The minimum absolute atomic E-state index is 0.237. The van der Waals surface area contributed by atoms with E-state index in [0.717, 1.165) is 51.4 Å². The van der Waals surface area contributed by atoms with Crippen LogP contribution in [0.4, 0.5) is 0 Å². The predicted molar refractivity (Wildman–Crippen MR) is 92.4 cm³/mol. The minimum atomic E-state index is 0.237. The Bertz CT molecular complexity index is 549. The largest absolute Gasteiger partial charge is 0.352 e. The van der Waals surface area contributed by atoms with Crippen LogP contribution in [-0.2, 0) is 0 Å². The van der Waals surface area contributed by atoms with Gasteiger partial charge in [-0.2, -0.15) is 10.5 Å². The fraction of sp³-hybridized carbons (Fsp3) is 0.778. The zero-order valence-corrected chi connectivity index (χ0v) is 14.8. The van der Waals surface area contributed by atoms with E-state index in [0.29, 0.717) is 12.1 Å². The van der Waals surface area contributed by atoms with Gasteiger partial charge < -0.3 is 15.1 Å². The minimum Gasteiger partial charge on any atom is -0.352 e. The van der Waals surface area contributed by atoms with Crippen molar-refractivity contribution in [1.29, 1.82) is 10.5 Å². The zero-order chi connectivity index (χ0) is 17.1. The number of allylic oxidation sites excluding steroid dienone is 1. The van der Waals surface area contributed by atoms with Crippen molar-refractivity contribution < 1.29 is 0 Å². The number of rotatable bonds is 3. The lowest BCUT2D eigenvalue weighted by Crippen LogP contribution is -2.48. The van der Waals surface area contributed by atoms with Crippen molar-refractivity contribution in [3.63, 3.8) is 0 Å². The normalized spacial score (nSPS) is 27.2. The van der Waals surface area contributed by atoms with Gasteiger partial charge in [-0.3, -0.25) is 4.90 Å². The maximum atomic E-state index is 9.51. The van der Waals surface area contributed by atoms with Crippen LogP contribution in [0.15, 0.2) is 11.4 Å². The van der Waals surface area contributed by atoms with Crippen LogP contribution in [0.1, 0.15) is 39.5 Å². The molecule has 6 heteroatoms. The fourth-order valence-corrected chi connectivity index (χ4v) is 4.53. The molecule has 0 bridgehead atoms. The Hall–Kier alpha value is -1.76. The van der Waals surface area contributed by atoms with Gasteiger partial charge in [0.1, 0.15) is 18.0 Å². The molecular formula is C18H28N6. The number of nitrogens with one attached hydrogen (secondary N) is 1. The summed E-state index contributed by atoms with van der Waals surface area (Å²) in [6.07, 6.45) is 4.87. The van der Waals surface area contributed by atoms with Crippen molar-refractivity contribution in [1.82, 2.24) is 20.0 Å². The van der Waals surface area contributed by atoms with E-state index in [2.05, 4.69) is 46.0 Å². The first kappa shape index (κ1) is 17.1. The second kappa shape index (κ2) is 7.42. The topological polar surface area (TPSA) is 69.3 Å². The summed E-state index contributed by atoms with van der Waals surface area (Å²) in [6.45, 7) is 9.45. The van der Waals surface area contributed by atoms with E-state index in [9.17, 15) is 10.5 Å². The summed E-state index contributed by atoms with van der Waals surface area (Å²) in [4.78, 5) is 7.14. The molecule has 0 spiro atoms. The fourth-order valence-electron chi connectivity index (χ4n) is 4.53. The molecule has 0 aromatic heterocycles. The number of nitrogens with zero attached hydrogens (tertiary/aromatic N) is 5. The molecule has 3 aliphatic rings. The lowest BCUT2D eigenvalue weighted by molar-refractivity contribution is 0.0782. The van der Waals surface area contributed by atoms with Crippen molar-refractivity contribution in [2.24, 2.45) is 0 Å². The first-order valence-electron chi connectivity index (χ1n) is 9.21. The summed E-state index contributed by atoms with van der Waals surface area (Å²) >= 11 is 0. The molecule has 3 rings (SSSR count). The molecule has 3 fully saturated rings. The molecule has 3 aliphatic heterocycles. The first-order chi connectivity index (χ1) is 11.7. The highest BCUT2D eigenvalue weighted by molar-refractivity contribution is 5.40. The van der Waals surface area contributed by atoms with Gasteiger partial charge in [-0.25, -0.2) is 0 Å². The summed E-state index contributed by atoms with van der Waals surface area (Å²) < 4.78 is 0.